The fourth-order valence-electron chi connectivity index (χ4n) is 18.9. The highest BCUT2D eigenvalue weighted by Gasteiger charge is 2.35. The molecule has 2 atom stereocenters. The van der Waals surface area contributed by atoms with Crippen molar-refractivity contribution in [3.63, 3.8) is 0 Å². The molecule has 4 aliphatic rings. The fraction of sp³-hybridized carbons (Fsp3) is 0.952. The van der Waals surface area contributed by atoms with Crippen molar-refractivity contribution in [2.75, 3.05) is 105 Å². The Morgan fingerprint density at radius 2 is 0.623 bits per heavy atom. The topological polar surface area (TPSA) is 76.2 Å². The number of hydrogen-bond acceptors (Lipinski definition) is 10. The molecule has 10 heteroatoms. The summed E-state index contributed by atoms with van der Waals surface area (Å²) in [5.41, 5.74) is 3.28. The average molecular weight is 1600 g/mol. The zero-order valence-electron chi connectivity index (χ0n) is 78.3. The number of unbranched alkanes of at least 4 members (excludes halogenated alkanes) is 42. The van der Waals surface area contributed by atoms with Gasteiger partial charge in [0.25, 0.3) is 0 Å². The van der Waals surface area contributed by atoms with E-state index in [0.717, 1.165) is 111 Å². The molecule has 672 valence electrons. The second-order valence-electron chi connectivity index (χ2n) is 37.9. The van der Waals surface area contributed by atoms with Gasteiger partial charge in [0.05, 0.1) is 56.1 Å². The molecule has 4 fully saturated rings. The van der Waals surface area contributed by atoms with E-state index in [1.165, 1.54) is 435 Å². The number of nitrogens with zero attached hydrogens (tertiary/aromatic N) is 4. The van der Waals surface area contributed by atoms with Gasteiger partial charge in [0.15, 0.2) is 0 Å². The van der Waals surface area contributed by atoms with Crippen molar-refractivity contribution in [1.82, 2.24) is 19.6 Å². The maximum Gasteiger partial charge on any atom is 0.307 e. The normalized spacial score (nSPS) is 16.1. The zero-order valence-corrected chi connectivity index (χ0v) is 78.3. The monoisotopic (exact) mass is 1600 g/mol. The third kappa shape index (κ3) is 56.8. The lowest BCUT2D eigenvalue weighted by molar-refractivity contribution is -0.145. The van der Waals surface area contributed by atoms with Crippen LogP contribution in [0, 0.1) is 17.8 Å². The van der Waals surface area contributed by atoms with Crippen molar-refractivity contribution in [1.29, 1.82) is 0 Å². The summed E-state index contributed by atoms with van der Waals surface area (Å²) in [5.74, 6) is 4.62. The van der Waals surface area contributed by atoms with Gasteiger partial charge in [0, 0.05) is 71.8 Å². The maximum atomic E-state index is 13.8. The lowest BCUT2D eigenvalue weighted by Gasteiger charge is -2.46. The van der Waals surface area contributed by atoms with Crippen LogP contribution in [0.15, 0.2) is 22.7 Å². The molecule has 114 heavy (non-hydrogen) atoms. The van der Waals surface area contributed by atoms with Gasteiger partial charge in [0.2, 0.25) is 0 Å². The summed E-state index contributed by atoms with van der Waals surface area (Å²) in [4.78, 5) is 24.7. The molecule has 2 saturated carbocycles. The number of fused-ring (bicyclic) bond motifs is 2. The van der Waals surface area contributed by atoms with Crippen molar-refractivity contribution in [2.45, 2.75) is 517 Å². The molecule has 0 aromatic heterocycles. The second-order valence-corrected chi connectivity index (χ2v) is 37.9. The molecule has 2 bridgehead atoms. The third-order valence-electron chi connectivity index (χ3n) is 27.0. The predicted octanol–water partition coefficient (Wildman–Crippen LogP) is 30.4. The van der Waals surface area contributed by atoms with E-state index in [2.05, 4.69) is 75.0 Å². The Morgan fingerprint density at radius 3 is 0.974 bits per heavy atom. The first kappa shape index (κ1) is 105. The summed E-state index contributed by atoms with van der Waals surface area (Å²) in [6.07, 6.45) is 91.1. The van der Waals surface area contributed by atoms with Gasteiger partial charge >= 0.3 is 5.97 Å². The maximum absolute atomic E-state index is 13.8. The Labute approximate surface area is 712 Å². The summed E-state index contributed by atoms with van der Waals surface area (Å²) in [6, 6.07) is 0. The molecule has 0 aromatic carbocycles. The number of morpholine rings is 2. The molecular weight excluding hydrogens is 1400 g/mol. The van der Waals surface area contributed by atoms with E-state index in [-0.39, 0.29) is 18.2 Å². The molecule has 2 unspecified atom stereocenters. The summed E-state index contributed by atoms with van der Waals surface area (Å²) in [5, 5.41) is 0. The van der Waals surface area contributed by atoms with Crippen molar-refractivity contribution < 1.29 is 28.5 Å². The first-order valence-electron chi connectivity index (χ1n) is 52.2. The van der Waals surface area contributed by atoms with Gasteiger partial charge in [-0.1, -0.05) is 351 Å². The lowest BCUT2D eigenvalue weighted by atomic mass is 9.90. The van der Waals surface area contributed by atoms with Crippen LogP contribution in [-0.4, -0.2) is 149 Å². The summed E-state index contributed by atoms with van der Waals surface area (Å²) < 4.78 is 34.3. The Hall–Kier alpha value is -1.69. The van der Waals surface area contributed by atoms with Crippen LogP contribution in [0.5, 0.6) is 0 Å². The van der Waals surface area contributed by atoms with E-state index >= 15 is 0 Å². The number of rotatable bonds is 87. The molecule has 2 saturated heterocycles. The van der Waals surface area contributed by atoms with Crippen LogP contribution in [0.4, 0.5) is 0 Å². The first-order chi connectivity index (χ1) is 56.2. The molecule has 2 aliphatic heterocycles. The lowest BCUT2D eigenvalue weighted by Crippen LogP contribution is -2.59. The number of hydrogen-bond donors (Lipinski definition) is 0. The summed E-state index contributed by atoms with van der Waals surface area (Å²) in [6.45, 7) is 34.3. The predicted molar refractivity (Wildman–Crippen MR) is 496 cm³/mol. The van der Waals surface area contributed by atoms with E-state index in [9.17, 15) is 4.79 Å². The van der Waals surface area contributed by atoms with E-state index in [1.54, 1.807) is 11.1 Å². The van der Waals surface area contributed by atoms with Crippen LogP contribution < -0.4 is 0 Å². The van der Waals surface area contributed by atoms with Gasteiger partial charge in [-0.05, 0) is 183 Å². The fourth-order valence-corrected chi connectivity index (χ4v) is 18.9. The highest BCUT2D eigenvalue weighted by atomic mass is 16.5. The third-order valence-corrected chi connectivity index (χ3v) is 27.0. The quantitative estimate of drug-likeness (QED) is 0.0334. The average Bonchev–Trinajstić information content (AvgIpc) is 0.807. The van der Waals surface area contributed by atoms with Crippen molar-refractivity contribution >= 4 is 5.97 Å². The van der Waals surface area contributed by atoms with Crippen molar-refractivity contribution in [3.8, 4) is 0 Å². The Kier molecular flexibility index (Phi) is 70.0. The SMILES string of the molecule is CCCCCCCCC(CCCCCCCC)COCCN(CCCCN1CC2CN(CCCCN(CCC(OCC(CCCCCCCC)CCCCCCCC)=C3CCC3)CCC(OC(CCCCCCCC)CCCCCCCC)=C3CCC3)CC(C1)O2)CCC(=O)OCC(CCCCCCCC)CCCCCCCC. The summed E-state index contributed by atoms with van der Waals surface area (Å²) >= 11 is 0. The van der Waals surface area contributed by atoms with Crippen LogP contribution in [-0.2, 0) is 28.5 Å². The van der Waals surface area contributed by atoms with Crippen LogP contribution in [0.2, 0.25) is 0 Å². The smallest absolute Gasteiger partial charge is 0.307 e. The standard InChI is InChI=1S/C104H200N4O6/c1-9-17-25-33-41-49-63-94(64-50-42-34-26-18-10-2)91-110-86-85-106(84-77-104(109)112-93-96(67-53-45-37-29-21-13-5)68-54-46-38-30-22-14-6)79-58-60-81-108-89-100-87-107(88-101(90-108)113-100)80-59-57-78-105(83-76-103(98-71-62-72-98)114-99(73-55-47-39-31-23-15-7)74-56-48-40-32-24-16-8)82-75-102(97-69-61-70-97)111-92-95(65-51-43-35-27-19-11-3)66-52-44-36-28-20-12-4/h94-96,99-101H,9-93H2,1-8H3. The number of carbonyl (C=O) groups excluding carboxylic acids is 1. The Morgan fingerprint density at radius 1 is 0.325 bits per heavy atom. The van der Waals surface area contributed by atoms with Crippen LogP contribution >= 0.6 is 0 Å². The van der Waals surface area contributed by atoms with Gasteiger partial charge in [-0.3, -0.25) is 14.6 Å². The molecule has 0 N–H and O–H groups in total. The minimum absolute atomic E-state index is 0.000941. The highest BCUT2D eigenvalue weighted by Crippen LogP contribution is 2.36. The van der Waals surface area contributed by atoms with Crippen LogP contribution in [0.1, 0.15) is 498 Å². The number of esters is 1. The van der Waals surface area contributed by atoms with Crippen LogP contribution in [0.3, 0.4) is 0 Å². The number of allylic oxidation sites excluding steroid dienone is 2. The Balaban J connectivity index is 1.39. The van der Waals surface area contributed by atoms with Crippen molar-refractivity contribution in [2.24, 2.45) is 17.8 Å². The van der Waals surface area contributed by atoms with Gasteiger partial charge in [0.1, 0.15) is 0 Å². The van der Waals surface area contributed by atoms with Gasteiger partial charge in [-0.25, -0.2) is 0 Å². The van der Waals surface area contributed by atoms with Gasteiger partial charge in [-0.15, -0.1) is 0 Å². The minimum Gasteiger partial charge on any atom is -0.498 e. The van der Waals surface area contributed by atoms with E-state index in [1.807, 2.05) is 0 Å². The zero-order chi connectivity index (χ0) is 81.3. The molecule has 10 nitrogen and oxygen atoms in total. The second kappa shape index (κ2) is 76.2. The van der Waals surface area contributed by atoms with Gasteiger partial charge < -0.3 is 33.5 Å². The summed E-state index contributed by atoms with van der Waals surface area (Å²) in [7, 11) is 0. The molecule has 0 radical (unpaired) electrons. The molecule has 4 rings (SSSR count). The molecule has 0 aromatic rings. The van der Waals surface area contributed by atoms with E-state index < -0.39 is 0 Å². The number of carbonyl (C=O) groups is 1. The van der Waals surface area contributed by atoms with Crippen LogP contribution in [0.25, 0.3) is 0 Å². The minimum atomic E-state index is 0.000941. The molecular formula is C104H200N4O6. The Bertz CT molecular complexity index is 2080. The molecule has 2 heterocycles. The van der Waals surface area contributed by atoms with E-state index in [4.69, 9.17) is 23.7 Å². The molecule has 0 spiro atoms. The number of ether oxygens (including phenoxy) is 5. The largest absolute Gasteiger partial charge is 0.498 e. The van der Waals surface area contributed by atoms with E-state index in [0.29, 0.717) is 36.9 Å². The molecule has 2 aliphatic carbocycles. The first-order valence-corrected chi connectivity index (χ1v) is 52.2. The van der Waals surface area contributed by atoms with Gasteiger partial charge in [-0.2, -0.15) is 0 Å². The molecule has 0 amide bonds. The van der Waals surface area contributed by atoms with Crippen molar-refractivity contribution in [3.05, 3.63) is 22.7 Å². The highest BCUT2D eigenvalue weighted by molar-refractivity contribution is 5.69.